The van der Waals surface area contributed by atoms with Crippen LogP contribution in [0.3, 0.4) is 0 Å². The molecule has 2 aliphatic rings. The van der Waals surface area contributed by atoms with Crippen molar-refractivity contribution >= 4 is 36.2 Å². The van der Waals surface area contributed by atoms with Crippen molar-refractivity contribution in [2.24, 2.45) is 10.2 Å². The van der Waals surface area contributed by atoms with E-state index in [9.17, 15) is 19.2 Å². The van der Waals surface area contributed by atoms with Crippen LogP contribution < -0.4 is 10.9 Å². The molecule has 2 aromatic carbocycles. The molecule has 198 valence electrons. The average Bonchev–Trinajstić information content (AvgIpc) is 3.76. The molecule has 2 aliphatic heterocycles. The number of benzene rings is 2. The molecule has 0 saturated carbocycles. The van der Waals surface area contributed by atoms with E-state index >= 15 is 0 Å². The maximum absolute atomic E-state index is 12.0. The number of amides is 2. The van der Waals surface area contributed by atoms with Crippen LogP contribution in [0.15, 0.2) is 79.7 Å². The minimum atomic E-state index is -1.04. The Labute approximate surface area is 225 Å². The number of hydrogen-bond donors (Lipinski definition) is 2. The summed E-state index contributed by atoms with van der Waals surface area (Å²) in [7, 11) is 0. The molecule has 2 N–H and O–H groups in total. The Balaban J connectivity index is 1.00. The van der Waals surface area contributed by atoms with Crippen LogP contribution in [0.4, 0.5) is 0 Å². The molecule has 0 radical (unpaired) electrons. The van der Waals surface area contributed by atoms with Gasteiger partial charge in [-0.15, -0.1) is 0 Å². The number of hydrazone groups is 2. The Hall–Kier alpha value is -5.78. The van der Waals surface area contributed by atoms with E-state index < -0.39 is 11.8 Å². The van der Waals surface area contributed by atoms with Gasteiger partial charge in [-0.1, -0.05) is 12.1 Å². The molecule has 0 aliphatic carbocycles. The molecule has 0 fully saturated rings. The van der Waals surface area contributed by atoms with Gasteiger partial charge in [0.15, 0.2) is 0 Å². The minimum Gasteiger partial charge on any atom is -0.457 e. The fourth-order valence-electron chi connectivity index (χ4n) is 4.14. The van der Waals surface area contributed by atoms with Gasteiger partial charge in [-0.3, -0.25) is 9.59 Å². The van der Waals surface area contributed by atoms with Gasteiger partial charge in [-0.2, -0.15) is 10.2 Å². The molecule has 0 bridgehead atoms. The summed E-state index contributed by atoms with van der Waals surface area (Å²) < 4.78 is 21.4. The van der Waals surface area contributed by atoms with Crippen molar-refractivity contribution in [1.29, 1.82) is 0 Å². The standard InChI is InChI=1S/C28H18N4O8/c33-25(31-29-11-19-3-7-23(39-19)15-1-5-21-17(9-15)13-37-27(21)35)26(34)32-30-12-20-4-8-24(40-20)16-2-6-22-18(10-16)14-38-28(22)36/h1-12H,13-14H2,(H,31,33)(H,32,34). The van der Waals surface area contributed by atoms with E-state index in [4.69, 9.17) is 18.3 Å². The van der Waals surface area contributed by atoms with Crippen molar-refractivity contribution < 1.29 is 37.5 Å². The highest BCUT2D eigenvalue weighted by Gasteiger charge is 2.23. The molecule has 40 heavy (non-hydrogen) atoms. The third kappa shape index (κ3) is 4.88. The van der Waals surface area contributed by atoms with Crippen LogP contribution in [0.5, 0.6) is 0 Å². The topological polar surface area (TPSA) is 162 Å². The van der Waals surface area contributed by atoms with E-state index in [1.54, 1.807) is 48.5 Å². The molecule has 0 spiro atoms. The number of cyclic esters (lactones) is 2. The van der Waals surface area contributed by atoms with Crippen LogP contribution in [0.2, 0.25) is 0 Å². The zero-order valence-electron chi connectivity index (χ0n) is 20.5. The van der Waals surface area contributed by atoms with Gasteiger partial charge in [0.2, 0.25) is 0 Å². The van der Waals surface area contributed by atoms with Gasteiger partial charge < -0.3 is 18.3 Å². The maximum atomic E-state index is 12.0. The van der Waals surface area contributed by atoms with Gasteiger partial charge in [0.25, 0.3) is 0 Å². The van der Waals surface area contributed by atoms with Crippen molar-refractivity contribution in [3.8, 4) is 22.6 Å². The number of carbonyl (C=O) groups excluding carboxylic acids is 4. The van der Waals surface area contributed by atoms with E-state index in [2.05, 4.69) is 21.1 Å². The van der Waals surface area contributed by atoms with E-state index in [1.807, 2.05) is 12.1 Å². The molecule has 0 atom stereocenters. The Morgan fingerprint density at radius 1 is 0.650 bits per heavy atom. The van der Waals surface area contributed by atoms with E-state index in [0.717, 1.165) is 22.3 Å². The number of nitrogens with zero attached hydrogens (tertiary/aromatic N) is 2. The molecule has 2 amide bonds. The fourth-order valence-corrected chi connectivity index (χ4v) is 4.14. The first-order chi connectivity index (χ1) is 19.4. The largest absolute Gasteiger partial charge is 0.457 e. The Morgan fingerprint density at radius 2 is 1.10 bits per heavy atom. The number of nitrogens with one attached hydrogen (secondary N) is 2. The van der Waals surface area contributed by atoms with Gasteiger partial charge >= 0.3 is 23.8 Å². The lowest BCUT2D eigenvalue weighted by molar-refractivity contribution is -0.139. The van der Waals surface area contributed by atoms with Gasteiger partial charge in [0.1, 0.15) is 36.3 Å². The Kier molecular flexibility index (Phi) is 6.24. The number of furan rings is 2. The molecule has 4 heterocycles. The summed E-state index contributed by atoms with van der Waals surface area (Å²) in [5, 5.41) is 7.45. The van der Waals surface area contributed by atoms with Crippen LogP contribution in [-0.2, 0) is 32.3 Å². The van der Waals surface area contributed by atoms with Crippen LogP contribution in [-0.4, -0.2) is 36.2 Å². The van der Waals surface area contributed by atoms with Gasteiger partial charge in [0.05, 0.1) is 23.6 Å². The highest BCUT2D eigenvalue weighted by Crippen LogP contribution is 2.29. The summed E-state index contributed by atoms with van der Waals surface area (Å²) in [5.41, 5.74) is 8.29. The SMILES string of the molecule is O=C(NN=Cc1ccc(-c2ccc3c(c2)COC3=O)o1)C(=O)NN=Cc1ccc(-c2ccc3c(c2)COC3=O)o1. The Bertz CT molecular complexity index is 1620. The van der Waals surface area contributed by atoms with Gasteiger partial charge in [-0.05, 0) is 48.5 Å². The zero-order valence-corrected chi connectivity index (χ0v) is 20.5. The predicted octanol–water partition coefficient (Wildman–Crippen LogP) is 3.15. The second-order valence-electron chi connectivity index (χ2n) is 8.70. The smallest absolute Gasteiger partial charge is 0.338 e. The van der Waals surface area contributed by atoms with Crippen molar-refractivity contribution in [3.63, 3.8) is 0 Å². The number of carbonyl (C=O) groups is 4. The van der Waals surface area contributed by atoms with E-state index in [1.165, 1.54) is 12.4 Å². The highest BCUT2D eigenvalue weighted by atomic mass is 16.5. The predicted molar refractivity (Wildman–Crippen MR) is 138 cm³/mol. The van der Waals surface area contributed by atoms with Crippen LogP contribution in [0, 0.1) is 0 Å². The molecular formula is C28H18N4O8. The first-order valence-electron chi connectivity index (χ1n) is 11.9. The number of fused-ring (bicyclic) bond motifs is 2. The second kappa shape index (κ2) is 10.2. The van der Waals surface area contributed by atoms with Crippen LogP contribution >= 0.6 is 0 Å². The summed E-state index contributed by atoms with van der Waals surface area (Å²) in [4.78, 5) is 47.2. The monoisotopic (exact) mass is 538 g/mol. The molecular weight excluding hydrogens is 520 g/mol. The summed E-state index contributed by atoms with van der Waals surface area (Å²) in [5.74, 6) is -1.06. The van der Waals surface area contributed by atoms with Gasteiger partial charge in [-0.25, -0.2) is 20.4 Å². The summed E-state index contributed by atoms with van der Waals surface area (Å²) >= 11 is 0. The van der Waals surface area contributed by atoms with Crippen LogP contribution in [0.1, 0.15) is 43.4 Å². The molecule has 0 unspecified atom stereocenters. The quantitative estimate of drug-likeness (QED) is 0.164. The molecule has 6 rings (SSSR count). The first-order valence-corrected chi connectivity index (χ1v) is 11.9. The lowest BCUT2D eigenvalue weighted by Crippen LogP contribution is -2.35. The lowest BCUT2D eigenvalue weighted by Gasteiger charge is -1.99. The summed E-state index contributed by atoms with van der Waals surface area (Å²) in [6.07, 6.45) is 2.48. The first kappa shape index (κ1) is 24.6. The lowest BCUT2D eigenvalue weighted by atomic mass is 10.0. The normalized spacial score (nSPS) is 13.8. The van der Waals surface area contributed by atoms with Crippen molar-refractivity contribution in [2.45, 2.75) is 13.2 Å². The number of rotatable bonds is 6. The molecule has 12 heteroatoms. The van der Waals surface area contributed by atoms with Crippen molar-refractivity contribution in [1.82, 2.24) is 10.9 Å². The van der Waals surface area contributed by atoms with E-state index in [-0.39, 0.29) is 25.2 Å². The fraction of sp³-hybridized carbons (Fsp3) is 0.0714. The zero-order chi connectivity index (χ0) is 27.6. The Morgan fingerprint density at radius 3 is 1.55 bits per heavy atom. The number of ether oxygens (including phenoxy) is 2. The van der Waals surface area contributed by atoms with E-state index in [0.29, 0.717) is 34.2 Å². The minimum absolute atomic E-state index is 0.215. The summed E-state index contributed by atoms with van der Waals surface area (Å²) in [6.45, 7) is 0.431. The molecule has 0 saturated heterocycles. The third-order valence-electron chi connectivity index (χ3n) is 6.11. The molecule has 12 nitrogen and oxygen atoms in total. The van der Waals surface area contributed by atoms with Crippen molar-refractivity contribution in [2.75, 3.05) is 0 Å². The number of hydrogen-bond acceptors (Lipinski definition) is 10. The van der Waals surface area contributed by atoms with Crippen LogP contribution in [0.25, 0.3) is 22.6 Å². The highest BCUT2D eigenvalue weighted by molar-refractivity contribution is 6.35. The molecule has 4 aromatic rings. The maximum Gasteiger partial charge on any atom is 0.338 e. The molecule has 2 aromatic heterocycles. The average molecular weight is 538 g/mol. The van der Waals surface area contributed by atoms with Crippen molar-refractivity contribution in [3.05, 3.63) is 94.4 Å². The third-order valence-corrected chi connectivity index (χ3v) is 6.11. The summed E-state index contributed by atoms with van der Waals surface area (Å²) in [6, 6.07) is 17.2. The second-order valence-corrected chi connectivity index (χ2v) is 8.70. The van der Waals surface area contributed by atoms with Gasteiger partial charge in [0, 0.05) is 22.3 Å². The number of esters is 2.